The van der Waals surface area contributed by atoms with Gasteiger partial charge in [-0.25, -0.2) is 0 Å². The van der Waals surface area contributed by atoms with Gasteiger partial charge in [0.2, 0.25) is 0 Å². The Kier molecular flexibility index (Phi) is 29.1. The van der Waals surface area contributed by atoms with E-state index in [0.717, 1.165) is 12.8 Å². The summed E-state index contributed by atoms with van der Waals surface area (Å²) < 4.78 is 0. The second-order valence-electron chi connectivity index (χ2n) is 10.8. The van der Waals surface area contributed by atoms with Crippen molar-refractivity contribution in [2.75, 3.05) is 0 Å². The molecular weight excluding hydrogens is 412 g/mol. The van der Waals surface area contributed by atoms with Crippen LogP contribution in [0.5, 0.6) is 0 Å². The first-order chi connectivity index (χ1) is 16.8. The molecule has 0 radical (unpaired) electrons. The Morgan fingerprint density at radius 2 is 0.559 bits per heavy atom. The topological polar surface area (TPSA) is 47.6 Å². The molecule has 0 aromatic heterocycles. The number of nitrogens with zero attached hydrogens (tertiary/aromatic N) is 2. The van der Waals surface area contributed by atoms with Crippen molar-refractivity contribution in [3.8, 4) is 12.1 Å². The van der Waals surface area contributed by atoms with Gasteiger partial charge in [-0.05, 0) is 6.42 Å². The molecule has 0 spiro atoms. The van der Waals surface area contributed by atoms with E-state index >= 15 is 0 Å². The zero-order valence-corrected chi connectivity index (χ0v) is 23.3. The van der Waals surface area contributed by atoms with Crippen LogP contribution in [0.3, 0.4) is 0 Å². The van der Waals surface area contributed by atoms with Gasteiger partial charge in [-0.2, -0.15) is 10.5 Å². The van der Waals surface area contributed by atoms with Gasteiger partial charge >= 0.3 is 0 Å². The summed E-state index contributed by atoms with van der Waals surface area (Å²) >= 11 is 0. The molecular formula is C32H60N2. The summed E-state index contributed by atoms with van der Waals surface area (Å²) in [6.45, 7) is 2.30. The SMILES string of the molecule is CCCCCCCCCCCCCCCCCCCCCCCCCCCCCC(C#N)C#N. The van der Waals surface area contributed by atoms with Gasteiger partial charge in [-0.15, -0.1) is 0 Å². The van der Waals surface area contributed by atoms with E-state index in [1.54, 1.807) is 0 Å². The van der Waals surface area contributed by atoms with Crippen LogP contribution in [-0.2, 0) is 0 Å². The second-order valence-corrected chi connectivity index (χ2v) is 10.8. The quantitative estimate of drug-likeness (QED) is 0.106. The Hall–Kier alpha value is -1.02. The number of unbranched alkanes of at least 4 members (excludes halogenated alkanes) is 26. The maximum Gasteiger partial charge on any atom is 0.133 e. The number of hydrogen-bond acceptors (Lipinski definition) is 2. The summed E-state index contributed by atoms with van der Waals surface area (Å²) in [5, 5.41) is 17.5. The van der Waals surface area contributed by atoms with Crippen LogP contribution >= 0.6 is 0 Å². The molecule has 0 aliphatic rings. The highest BCUT2D eigenvalue weighted by molar-refractivity contribution is 4.98. The maximum absolute atomic E-state index is 8.75. The third-order valence-electron chi connectivity index (χ3n) is 7.41. The van der Waals surface area contributed by atoms with Gasteiger partial charge in [0.25, 0.3) is 0 Å². The monoisotopic (exact) mass is 472 g/mol. The first-order valence-corrected chi connectivity index (χ1v) is 15.6. The van der Waals surface area contributed by atoms with Crippen LogP contribution in [0.25, 0.3) is 0 Å². The number of hydrogen-bond donors (Lipinski definition) is 0. The minimum atomic E-state index is -0.390. The molecule has 0 aliphatic carbocycles. The smallest absolute Gasteiger partial charge is 0.133 e. The molecule has 0 unspecified atom stereocenters. The third-order valence-corrected chi connectivity index (χ3v) is 7.41. The standard InChI is InChI=1S/C32H60N2/c1-2-3-4-5-6-7-8-9-10-11-12-13-14-15-16-17-18-19-20-21-22-23-24-25-26-27-28-29-32(30-33)31-34/h32H,2-29H2,1H3. The largest absolute Gasteiger partial charge is 0.197 e. The molecule has 0 bridgehead atoms. The van der Waals surface area contributed by atoms with Crippen LogP contribution in [0.4, 0.5) is 0 Å². The number of nitriles is 2. The Morgan fingerprint density at radius 3 is 0.765 bits per heavy atom. The lowest BCUT2D eigenvalue weighted by Crippen LogP contribution is -1.92. The van der Waals surface area contributed by atoms with Gasteiger partial charge < -0.3 is 0 Å². The van der Waals surface area contributed by atoms with Gasteiger partial charge in [0.05, 0.1) is 12.1 Å². The summed E-state index contributed by atoms with van der Waals surface area (Å²) in [5.41, 5.74) is 0. The van der Waals surface area contributed by atoms with Crippen molar-refractivity contribution >= 4 is 0 Å². The molecule has 0 N–H and O–H groups in total. The van der Waals surface area contributed by atoms with Crippen LogP contribution in [-0.4, -0.2) is 0 Å². The molecule has 2 heteroatoms. The fourth-order valence-corrected chi connectivity index (χ4v) is 5.00. The highest BCUT2D eigenvalue weighted by Crippen LogP contribution is 2.16. The van der Waals surface area contributed by atoms with Crippen molar-refractivity contribution in [1.29, 1.82) is 10.5 Å². The van der Waals surface area contributed by atoms with Gasteiger partial charge in [0, 0.05) is 0 Å². The van der Waals surface area contributed by atoms with Crippen molar-refractivity contribution in [3.63, 3.8) is 0 Å². The van der Waals surface area contributed by atoms with E-state index in [1.165, 1.54) is 167 Å². The first-order valence-electron chi connectivity index (χ1n) is 15.6. The predicted octanol–water partition coefficient (Wildman–Crippen LogP) is 11.6. The fraction of sp³-hybridized carbons (Fsp3) is 0.938. The molecule has 198 valence electrons. The highest BCUT2D eigenvalue weighted by atomic mass is 14.3. The van der Waals surface area contributed by atoms with E-state index in [1.807, 2.05) is 0 Å². The lowest BCUT2D eigenvalue weighted by molar-refractivity contribution is 0.513. The van der Waals surface area contributed by atoms with Crippen LogP contribution in [0.2, 0.25) is 0 Å². The van der Waals surface area contributed by atoms with Crippen molar-refractivity contribution < 1.29 is 0 Å². The zero-order valence-electron chi connectivity index (χ0n) is 23.3. The molecule has 2 nitrogen and oxygen atoms in total. The maximum atomic E-state index is 8.75. The van der Waals surface area contributed by atoms with E-state index in [9.17, 15) is 0 Å². The molecule has 0 fully saturated rings. The molecule has 0 aliphatic heterocycles. The summed E-state index contributed by atoms with van der Waals surface area (Å²) in [5.74, 6) is -0.390. The minimum absolute atomic E-state index is 0.390. The summed E-state index contributed by atoms with van der Waals surface area (Å²) in [6, 6.07) is 4.12. The minimum Gasteiger partial charge on any atom is -0.197 e. The molecule has 0 saturated carbocycles. The van der Waals surface area contributed by atoms with Gasteiger partial charge in [0.15, 0.2) is 0 Å². The molecule has 0 saturated heterocycles. The van der Waals surface area contributed by atoms with Crippen molar-refractivity contribution in [2.24, 2.45) is 5.92 Å². The highest BCUT2D eigenvalue weighted by Gasteiger charge is 2.03. The Balaban J connectivity index is 3.05. The van der Waals surface area contributed by atoms with Crippen molar-refractivity contribution in [1.82, 2.24) is 0 Å². The molecule has 0 amide bonds. The van der Waals surface area contributed by atoms with Gasteiger partial charge in [-0.3, -0.25) is 0 Å². The average molecular weight is 473 g/mol. The second kappa shape index (κ2) is 30.0. The molecule has 34 heavy (non-hydrogen) atoms. The van der Waals surface area contributed by atoms with E-state index in [0.29, 0.717) is 0 Å². The normalized spacial score (nSPS) is 11.1. The number of rotatable bonds is 28. The van der Waals surface area contributed by atoms with E-state index in [-0.39, 0.29) is 5.92 Å². The Morgan fingerprint density at radius 1 is 0.353 bits per heavy atom. The van der Waals surface area contributed by atoms with Crippen LogP contribution in [0.1, 0.15) is 187 Å². The third kappa shape index (κ3) is 27.2. The predicted molar refractivity (Wildman–Crippen MR) is 150 cm³/mol. The van der Waals surface area contributed by atoms with Crippen LogP contribution < -0.4 is 0 Å². The Bertz CT molecular complexity index is 445. The molecule has 0 rings (SSSR count). The molecule has 0 aromatic carbocycles. The molecule has 0 aromatic rings. The summed E-state index contributed by atoms with van der Waals surface area (Å²) in [6.07, 6.45) is 38.8. The fourth-order valence-electron chi connectivity index (χ4n) is 5.00. The van der Waals surface area contributed by atoms with Crippen molar-refractivity contribution in [3.05, 3.63) is 0 Å². The van der Waals surface area contributed by atoms with Crippen LogP contribution in [0.15, 0.2) is 0 Å². The first kappa shape index (κ1) is 33.0. The summed E-state index contributed by atoms with van der Waals surface area (Å²) in [7, 11) is 0. The van der Waals surface area contributed by atoms with Crippen molar-refractivity contribution in [2.45, 2.75) is 187 Å². The van der Waals surface area contributed by atoms with Gasteiger partial charge in [0.1, 0.15) is 5.92 Å². The van der Waals surface area contributed by atoms with E-state index in [2.05, 4.69) is 19.1 Å². The van der Waals surface area contributed by atoms with Gasteiger partial charge in [-0.1, -0.05) is 180 Å². The van der Waals surface area contributed by atoms with E-state index in [4.69, 9.17) is 10.5 Å². The Labute approximate surface area is 215 Å². The molecule has 0 heterocycles. The lowest BCUT2D eigenvalue weighted by Gasteiger charge is -2.04. The average Bonchev–Trinajstić information content (AvgIpc) is 2.86. The molecule has 0 atom stereocenters. The summed E-state index contributed by atoms with van der Waals surface area (Å²) in [4.78, 5) is 0. The zero-order chi connectivity index (χ0) is 24.8. The lowest BCUT2D eigenvalue weighted by atomic mass is 10.0. The van der Waals surface area contributed by atoms with E-state index < -0.39 is 0 Å². The van der Waals surface area contributed by atoms with Crippen LogP contribution in [0, 0.1) is 28.6 Å².